The molecule has 1 aliphatic rings. The number of carboxylic acids is 1. The lowest BCUT2D eigenvalue weighted by Crippen LogP contribution is -2.46. The molecule has 1 aromatic carbocycles. The molecule has 1 fully saturated rings. The Labute approximate surface area is 154 Å². The van der Waals surface area contributed by atoms with Crippen LogP contribution < -0.4 is 4.90 Å². The molecule has 0 spiro atoms. The van der Waals surface area contributed by atoms with Crippen molar-refractivity contribution in [2.24, 2.45) is 0 Å². The summed E-state index contributed by atoms with van der Waals surface area (Å²) in [7, 11) is -4.04. The monoisotopic (exact) mass is 401 g/mol. The van der Waals surface area contributed by atoms with Gasteiger partial charge in [-0.2, -0.15) is 0 Å². The van der Waals surface area contributed by atoms with Crippen LogP contribution in [0.15, 0.2) is 12.1 Å². The highest BCUT2D eigenvalue weighted by Crippen LogP contribution is 2.32. The Morgan fingerprint density at radius 1 is 1.41 bits per heavy atom. The van der Waals surface area contributed by atoms with Gasteiger partial charge in [-0.25, -0.2) is 22.0 Å². The number of amides is 1. The summed E-state index contributed by atoms with van der Waals surface area (Å²) in [6, 6.07) is 2.34. The molecule has 1 saturated heterocycles. The summed E-state index contributed by atoms with van der Waals surface area (Å²) in [5.74, 6) is 0.678. The number of halogens is 2. The van der Waals surface area contributed by atoms with Gasteiger partial charge >= 0.3 is 12.1 Å². The second kappa shape index (κ2) is 7.15. The number of aliphatic carboxylic acids is 1. The molecule has 1 heterocycles. The zero-order chi connectivity index (χ0) is 20.6. The molecule has 2 unspecified atom stereocenters. The van der Waals surface area contributed by atoms with E-state index in [0.29, 0.717) is 0 Å². The number of sulfone groups is 1. The molecule has 10 heteroatoms. The predicted molar refractivity (Wildman–Crippen MR) is 92.0 cm³/mol. The molecule has 0 aliphatic carbocycles. The van der Waals surface area contributed by atoms with Crippen LogP contribution in [0.5, 0.6) is 0 Å². The molecule has 0 bridgehead atoms. The van der Waals surface area contributed by atoms with Crippen LogP contribution in [0.2, 0.25) is 0 Å². The number of cyclic esters (lactones) is 1. The zero-order valence-corrected chi connectivity index (χ0v) is 15.6. The van der Waals surface area contributed by atoms with Crippen molar-refractivity contribution in [1.29, 1.82) is 0 Å². The summed E-state index contributed by atoms with van der Waals surface area (Å²) in [4.78, 5) is 24.3. The third-order valence-electron chi connectivity index (χ3n) is 4.37. The molecule has 0 saturated carbocycles. The first kappa shape index (κ1) is 20.6. The second-order valence-electron chi connectivity index (χ2n) is 6.26. The number of carbonyl (C=O) groups is 2. The van der Waals surface area contributed by atoms with Gasteiger partial charge in [0.2, 0.25) is 0 Å². The molecule has 27 heavy (non-hydrogen) atoms. The Morgan fingerprint density at radius 3 is 2.56 bits per heavy atom. The summed E-state index contributed by atoms with van der Waals surface area (Å²) >= 11 is 0. The Bertz CT molecular complexity index is 966. The number of carboxylic acid groups (broad SMARTS) is 1. The van der Waals surface area contributed by atoms with Crippen LogP contribution in [0.4, 0.5) is 19.3 Å². The second-order valence-corrected chi connectivity index (χ2v) is 8.71. The van der Waals surface area contributed by atoms with E-state index in [1.165, 1.54) is 13.0 Å². The third kappa shape index (κ3) is 3.73. The van der Waals surface area contributed by atoms with Crippen molar-refractivity contribution in [3.05, 3.63) is 29.3 Å². The van der Waals surface area contributed by atoms with Crippen LogP contribution in [0.3, 0.4) is 0 Å². The lowest BCUT2D eigenvalue weighted by Gasteiger charge is -2.24. The molecule has 7 nitrogen and oxygen atoms in total. The molecule has 2 rings (SSSR count). The van der Waals surface area contributed by atoms with Crippen molar-refractivity contribution < 1.29 is 36.6 Å². The highest BCUT2D eigenvalue weighted by Gasteiger charge is 2.48. The van der Waals surface area contributed by atoms with Gasteiger partial charge in [0.1, 0.15) is 6.10 Å². The van der Waals surface area contributed by atoms with Crippen molar-refractivity contribution in [2.75, 3.05) is 17.7 Å². The molecule has 146 valence electrons. The molecule has 0 aromatic heterocycles. The van der Waals surface area contributed by atoms with Gasteiger partial charge in [-0.1, -0.05) is 5.92 Å². The largest absolute Gasteiger partial charge is 0.480 e. The summed E-state index contributed by atoms with van der Waals surface area (Å²) in [6.45, 7) is 2.13. The summed E-state index contributed by atoms with van der Waals surface area (Å²) < 4.78 is 54.9. The number of benzene rings is 1. The normalized spacial score (nSPS) is 19.1. The van der Waals surface area contributed by atoms with Gasteiger partial charge in [-0.15, -0.1) is 5.92 Å². The van der Waals surface area contributed by atoms with Gasteiger partial charge in [-0.3, -0.25) is 9.69 Å². The minimum atomic E-state index is -4.04. The van der Waals surface area contributed by atoms with Crippen LogP contribution >= 0.6 is 0 Å². The molecule has 0 radical (unpaired) electrons. The van der Waals surface area contributed by atoms with Crippen molar-refractivity contribution >= 4 is 27.6 Å². The highest BCUT2D eigenvalue weighted by molar-refractivity contribution is 7.92. The number of rotatable bonds is 5. The minimum Gasteiger partial charge on any atom is -0.480 e. The maximum Gasteiger partial charge on any atom is 0.414 e. The Kier molecular flexibility index (Phi) is 5.47. The predicted octanol–water partition coefficient (Wildman–Crippen LogP) is 1.94. The Morgan fingerprint density at radius 2 is 2.04 bits per heavy atom. The summed E-state index contributed by atoms with van der Waals surface area (Å²) in [6.07, 6.45) is -1.94. The molecule has 1 aromatic rings. The minimum absolute atomic E-state index is 0.182. The topological polar surface area (TPSA) is 101 Å². The number of carbonyl (C=O) groups excluding carboxylic acids is 1. The maximum absolute atomic E-state index is 14.3. The number of hydrogen-bond donors (Lipinski definition) is 1. The number of hydrogen-bond acceptors (Lipinski definition) is 5. The fourth-order valence-corrected chi connectivity index (χ4v) is 3.44. The van der Waals surface area contributed by atoms with E-state index in [-0.39, 0.29) is 12.1 Å². The van der Waals surface area contributed by atoms with Gasteiger partial charge < -0.3 is 9.84 Å². The first-order valence-corrected chi connectivity index (χ1v) is 9.63. The Balaban J connectivity index is 2.32. The van der Waals surface area contributed by atoms with Crippen LogP contribution in [0.25, 0.3) is 0 Å². The number of anilines is 1. The van der Waals surface area contributed by atoms with Crippen LogP contribution in [-0.4, -0.2) is 49.2 Å². The van der Waals surface area contributed by atoms with Crippen molar-refractivity contribution in [3.63, 3.8) is 0 Å². The van der Waals surface area contributed by atoms with E-state index in [2.05, 4.69) is 11.8 Å². The van der Waals surface area contributed by atoms with Crippen molar-refractivity contribution in [1.82, 2.24) is 0 Å². The average molecular weight is 401 g/mol. The van der Waals surface area contributed by atoms with Crippen LogP contribution in [0, 0.1) is 23.5 Å². The number of ether oxygens (including phenoxy) is 1. The average Bonchev–Trinajstić information content (AvgIpc) is 2.91. The van der Waals surface area contributed by atoms with Gasteiger partial charge in [0.15, 0.2) is 26.2 Å². The molecule has 1 aliphatic heterocycles. The fourth-order valence-electron chi connectivity index (χ4n) is 2.64. The van der Waals surface area contributed by atoms with Gasteiger partial charge in [-0.05, 0) is 26.0 Å². The molecule has 1 amide bonds. The van der Waals surface area contributed by atoms with Gasteiger partial charge in [0, 0.05) is 12.7 Å². The molecule has 2 atom stereocenters. The highest BCUT2D eigenvalue weighted by atomic mass is 32.2. The van der Waals surface area contributed by atoms with E-state index < -0.39 is 56.5 Å². The molecule has 1 N–H and O–H groups in total. The summed E-state index contributed by atoms with van der Waals surface area (Å²) in [5, 5.41) is 9.28. The van der Waals surface area contributed by atoms with E-state index in [0.717, 1.165) is 24.1 Å². The lowest BCUT2D eigenvalue weighted by atomic mass is 10.0. The van der Waals surface area contributed by atoms with Crippen LogP contribution in [-0.2, 0) is 19.4 Å². The van der Waals surface area contributed by atoms with Crippen molar-refractivity contribution in [3.8, 4) is 11.8 Å². The van der Waals surface area contributed by atoms with Gasteiger partial charge in [0.25, 0.3) is 0 Å². The number of nitrogens with zero attached hydrogens (tertiary/aromatic N) is 1. The molecular formula is C17H17F2NO6S. The lowest BCUT2D eigenvalue weighted by molar-refractivity contribution is -0.140. The first-order chi connectivity index (χ1) is 12.4. The smallest absolute Gasteiger partial charge is 0.414 e. The van der Waals surface area contributed by atoms with Crippen molar-refractivity contribution in [2.45, 2.75) is 31.1 Å². The third-order valence-corrected chi connectivity index (χ3v) is 6.35. The van der Waals surface area contributed by atoms with E-state index in [4.69, 9.17) is 4.74 Å². The van der Waals surface area contributed by atoms with E-state index in [1.807, 2.05) is 0 Å². The zero-order valence-electron chi connectivity index (χ0n) is 14.7. The quantitative estimate of drug-likeness (QED) is 0.757. The first-order valence-electron chi connectivity index (χ1n) is 7.74. The Hall–Kier alpha value is -2.67. The van der Waals surface area contributed by atoms with E-state index in [1.54, 1.807) is 0 Å². The van der Waals surface area contributed by atoms with E-state index >= 15 is 0 Å². The SMILES string of the molecule is CC#Cc1ccc(N2CC(CC(C)(C(=O)O)S(C)(=O)=O)OC2=O)c(F)c1F. The van der Waals surface area contributed by atoms with Crippen LogP contribution in [0.1, 0.15) is 25.8 Å². The fraction of sp³-hybridized carbons (Fsp3) is 0.412. The van der Waals surface area contributed by atoms with Gasteiger partial charge in [0.05, 0.1) is 17.8 Å². The summed E-state index contributed by atoms with van der Waals surface area (Å²) in [5.41, 5.74) is -0.587. The van der Waals surface area contributed by atoms with E-state index in [9.17, 15) is 31.9 Å². The maximum atomic E-state index is 14.3. The molecular weight excluding hydrogens is 384 g/mol. The standard InChI is InChI=1S/C17H17F2NO6S/c1-4-5-10-6-7-12(14(19)13(10)18)20-9-11(26-16(20)23)8-17(2,15(21)22)27(3,24)25/h6-7,11H,8-9H2,1-3H3,(H,21,22).